The lowest BCUT2D eigenvalue weighted by atomic mass is 10.1. The number of rotatable bonds is 3. The zero-order valence-corrected chi connectivity index (χ0v) is 8.70. The van der Waals surface area contributed by atoms with E-state index in [-0.39, 0.29) is 12.2 Å². The van der Waals surface area contributed by atoms with E-state index in [2.05, 4.69) is 0 Å². The van der Waals surface area contributed by atoms with Gasteiger partial charge in [0.1, 0.15) is 0 Å². The summed E-state index contributed by atoms with van der Waals surface area (Å²) in [5.74, 6) is 0. The van der Waals surface area contributed by atoms with Gasteiger partial charge in [0, 0.05) is 13.2 Å². The molecule has 3 nitrogen and oxygen atoms in total. The summed E-state index contributed by atoms with van der Waals surface area (Å²) in [5.41, 5.74) is 0. The number of aliphatic hydroxyl groups is 2. The van der Waals surface area contributed by atoms with E-state index in [1.165, 1.54) is 0 Å². The van der Waals surface area contributed by atoms with Gasteiger partial charge < -0.3 is 14.9 Å². The lowest BCUT2D eigenvalue weighted by Gasteiger charge is -2.14. The van der Waals surface area contributed by atoms with E-state index < -0.39 is 0 Å². The highest BCUT2D eigenvalue weighted by molar-refractivity contribution is 4.71. The van der Waals surface area contributed by atoms with E-state index in [1.54, 1.807) is 0 Å². The molecule has 0 radical (unpaired) electrons. The minimum atomic E-state index is -0.229. The quantitative estimate of drug-likeness (QED) is 0.705. The van der Waals surface area contributed by atoms with Gasteiger partial charge in [0.15, 0.2) is 0 Å². The van der Waals surface area contributed by atoms with Crippen molar-refractivity contribution in [2.75, 3.05) is 13.2 Å². The van der Waals surface area contributed by atoms with Crippen LogP contribution >= 0.6 is 0 Å². The van der Waals surface area contributed by atoms with Crippen molar-refractivity contribution < 1.29 is 14.9 Å². The van der Waals surface area contributed by atoms with Gasteiger partial charge in [-0.15, -0.1) is 0 Å². The molecule has 0 spiro atoms. The van der Waals surface area contributed by atoms with Gasteiger partial charge in [0.25, 0.3) is 0 Å². The third-order valence-electron chi connectivity index (χ3n) is 2.04. The fraction of sp³-hybridized carbons (Fsp3) is 1.00. The molecule has 0 saturated carbocycles. The fourth-order valence-electron chi connectivity index (χ4n) is 1.17. The summed E-state index contributed by atoms with van der Waals surface area (Å²) in [7, 11) is 0. The van der Waals surface area contributed by atoms with Crippen LogP contribution in [0.4, 0.5) is 0 Å². The lowest BCUT2D eigenvalue weighted by Crippen LogP contribution is -2.23. The second-order valence-corrected chi connectivity index (χ2v) is 3.25. The van der Waals surface area contributed by atoms with Crippen LogP contribution in [0, 0.1) is 0 Å². The molecule has 2 atom stereocenters. The van der Waals surface area contributed by atoms with Crippen molar-refractivity contribution in [2.24, 2.45) is 0 Å². The summed E-state index contributed by atoms with van der Waals surface area (Å²) in [6, 6.07) is 0. The monoisotopic (exact) mass is 190 g/mol. The minimum absolute atomic E-state index is 0.134. The molecule has 1 fully saturated rings. The Morgan fingerprint density at radius 1 is 1.46 bits per heavy atom. The van der Waals surface area contributed by atoms with Gasteiger partial charge in [-0.2, -0.15) is 0 Å². The largest absolute Gasteiger partial charge is 0.396 e. The van der Waals surface area contributed by atoms with Crippen molar-refractivity contribution in [1.29, 1.82) is 0 Å². The first-order chi connectivity index (χ1) is 6.26. The summed E-state index contributed by atoms with van der Waals surface area (Å²) in [6.07, 6.45) is 3.74. The topological polar surface area (TPSA) is 49.7 Å². The molecule has 0 aliphatic carbocycles. The molecule has 1 heterocycles. The molecule has 1 aliphatic rings. The van der Waals surface area contributed by atoms with Crippen LogP contribution < -0.4 is 0 Å². The zero-order valence-electron chi connectivity index (χ0n) is 8.70. The van der Waals surface area contributed by atoms with E-state index in [9.17, 15) is 5.11 Å². The Balaban J connectivity index is 0.000000310. The molecular formula is C10H22O3. The average molecular weight is 190 g/mol. The van der Waals surface area contributed by atoms with Gasteiger partial charge in [0.05, 0.1) is 12.2 Å². The second-order valence-electron chi connectivity index (χ2n) is 3.25. The zero-order chi connectivity index (χ0) is 10.1. The maximum Gasteiger partial charge on any atom is 0.0834 e. The van der Waals surface area contributed by atoms with E-state index >= 15 is 0 Å². The Hall–Kier alpha value is -0.120. The fourth-order valence-corrected chi connectivity index (χ4v) is 1.17. The number of hydrogen-bond acceptors (Lipinski definition) is 3. The Morgan fingerprint density at radius 3 is 2.38 bits per heavy atom. The summed E-state index contributed by atoms with van der Waals surface area (Å²) in [4.78, 5) is 0. The lowest BCUT2D eigenvalue weighted by molar-refractivity contribution is -0.00279. The van der Waals surface area contributed by atoms with E-state index in [0.29, 0.717) is 6.61 Å². The van der Waals surface area contributed by atoms with Gasteiger partial charge >= 0.3 is 0 Å². The maximum atomic E-state index is 9.23. The van der Waals surface area contributed by atoms with Crippen LogP contribution in [0.15, 0.2) is 0 Å². The van der Waals surface area contributed by atoms with Crippen molar-refractivity contribution in [3.8, 4) is 0 Å². The van der Waals surface area contributed by atoms with Crippen molar-refractivity contribution in [2.45, 2.75) is 51.7 Å². The Kier molecular flexibility index (Phi) is 8.40. The standard InChI is InChI=1S/C7H14O2.C3H8O/c1-2-6(8)7-4-3-5-9-7;1-2-3-4/h6-8H,2-5H2,1H3;4H,2-3H2,1H3. The third-order valence-corrected chi connectivity index (χ3v) is 2.04. The van der Waals surface area contributed by atoms with Crippen LogP contribution in [0.25, 0.3) is 0 Å². The molecule has 0 bridgehead atoms. The molecule has 2 unspecified atom stereocenters. The molecule has 80 valence electrons. The molecule has 0 amide bonds. The van der Waals surface area contributed by atoms with Crippen LogP contribution in [0.3, 0.4) is 0 Å². The van der Waals surface area contributed by atoms with Crippen LogP contribution in [0.5, 0.6) is 0 Å². The number of hydrogen-bond donors (Lipinski definition) is 2. The molecule has 1 rings (SSSR count). The highest BCUT2D eigenvalue weighted by Crippen LogP contribution is 2.16. The first kappa shape index (κ1) is 12.9. The summed E-state index contributed by atoms with van der Waals surface area (Å²) >= 11 is 0. The Bertz CT molecular complexity index is 98.3. The molecule has 0 aromatic rings. The number of aliphatic hydroxyl groups excluding tert-OH is 2. The highest BCUT2D eigenvalue weighted by atomic mass is 16.5. The predicted octanol–water partition coefficient (Wildman–Crippen LogP) is 1.32. The molecule has 0 aromatic carbocycles. The third kappa shape index (κ3) is 6.02. The van der Waals surface area contributed by atoms with Gasteiger partial charge in [-0.25, -0.2) is 0 Å². The molecule has 3 heteroatoms. The van der Waals surface area contributed by atoms with Crippen molar-refractivity contribution in [3.05, 3.63) is 0 Å². The molecule has 1 saturated heterocycles. The van der Waals surface area contributed by atoms with Crippen LogP contribution in [0.2, 0.25) is 0 Å². The van der Waals surface area contributed by atoms with Crippen molar-refractivity contribution >= 4 is 0 Å². The van der Waals surface area contributed by atoms with E-state index in [1.807, 2.05) is 13.8 Å². The Morgan fingerprint density at radius 2 is 2.08 bits per heavy atom. The van der Waals surface area contributed by atoms with Gasteiger partial charge in [-0.1, -0.05) is 13.8 Å². The highest BCUT2D eigenvalue weighted by Gasteiger charge is 2.21. The van der Waals surface area contributed by atoms with Gasteiger partial charge in [-0.05, 0) is 25.7 Å². The maximum absolute atomic E-state index is 9.23. The van der Waals surface area contributed by atoms with E-state index in [0.717, 1.165) is 32.3 Å². The van der Waals surface area contributed by atoms with E-state index in [4.69, 9.17) is 9.84 Å². The normalized spacial score (nSPS) is 23.5. The van der Waals surface area contributed by atoms with Crippen LogP contribution in [-0.4, -0.2) is 35.6 Å². The summed E-state index contributed by atoms with van der Waals surface area (Å²) < 4.78 is 5.26. The Labute approximate surface area is 80.7 Å². The van der Waals surface area contributed by atoms with Crippen LogP contribution in [0.1, 0.15) is 39.5 Å². The number of ether oxygens (including phenoxy) is 1. The van der Waals surface area contributed by atoms with Gasteiger partial charge in [-0.3, -0.25) is 0 Å². The first-order valence-corrected chi connectivity index (χ1v) is 5.16. The smallest absolute Gasteiger partial charge is 0.0834 e. The first-order valence-electron chi connectivity index (χ1n) is 5.16. The van der Waals surface area contributed by atoms with Crippen molar-refractivity contribution in [1.82, 2.24) is 0 Å². The molecule has 1 aliphatic heterocycles. The second kappa shape index (κ2) is 8.48. The van der Waals surface area contributed by atoms with Crippen LogP contribution in [-0.2, 0) is 4.74 Å². The van der Waals surface area contributed by atoms with Gasteiger partial charge in [0.2, 0.25) is 0 Å². The average Bonchev–Trinajstić information content (AvgIpc) is 2.70. The molecule has 13 heavy (non-hydrogen) atoms. The summed E-state index contributed by atoms with van der Waals surface area (Å²) in [5, 5.41) is 17.1. The molecule has 0 aromatic heterocycles. The summed E-state index contributed by atoms with van der Waals surface area (Å²) in [6.45, 7) is 5.06. The molecule has 2 N–H and O–H groups in total. The predicted molar refractivity (Wildman–Crippen MR) is 52.6 cm³/mol. The van der Waals surface area contributed by atoms with Crippen molar-refractivity contribution in [3.63, 3.8) is 0 Å². The SMILES string of the molecule is CCC(O)C1CCCO1.CCCO. The minimum Gasteiger partial charge on any atom is -0.396 e. The molecular weight excluding hydrogens is 168 g/mol.